The van der Waals surface area contributed by atoms with Crippen LogP contribution in [-0.4, -0.2) is 33.6 Å². The van der Waals surface area contributed by atoms with Crippen molar-refractivity contribution < 1.29 is 0 Å². The lowest BCUT2D eigenvalue weighted by atomic mass is 10.2. The van der Waals surface area contributed by atoms with Gasteiger partial charge in [0.2, 0.25) is 5.28 Å². The van der Waals surface area contributed by atoms with Gasteiger partial charge in [-0.15, -0.1) is 0 Å². The van der Waals surface area contributed by atoms with Gasteiger partial charge < -0.3 is 4.90 Å². The average Bonchev–Trinajstić information content (AvgIpc) is 2.16. The monoisotopic (exact) mass is 243 g/mol. The Morgan fingerprint density at radius 1 is 1.53 bits per heavy atom. The number of rotatable bonds is 1. The first kappa shape index (κ1) is 11.0. The van der Waals surface area contributed by atoms with Gasteiger partial charge in [0.25, 0.3) is 0 Å². The molecule has 2 heterocycles. The lowest BCUT2D eigenvalue weighted by molar-refractivity contribution is 0.641. The number of halogens is 1. The third-order valence-corrected chi connectivity index (χ3v) is 3.84. The van der Waals surface area contributed by atoms with Crippen LogP contribution in [0, 0.1) is 0 Å². The van der Waals surface area contributed by atoms with E-state index in [0.717, 1.165) is 24.7 Å². The molecule has 1 aromatic rings. The molecular weight excluding hydrogens is 230 g/mol. The summed E-state index contributed by atoms with van der Waals surface area (Å²) in [5.74, 6) is 2.07. The van der Waals surface area contributed by atoms with E-state index < -0.39 is 0 Å². The zero-order valence-electron chi connectivity index (χ0n) is 8.90. The van der Waals surface area contributed by atoms with Gasteiger partial charge in [0, 0.05) is 29.8 Å². The Morgan fingerprint density at radius 2 is 2.33 bits per heavy atom. The molecule has 5 heteroatoms. The fourth-order valence-electron chi connectivity index (χ4n) is 1.71. The molecule has 0 radical (unpaired) electrons. The van der Waals surface area contributed by atoms with Crippen LogP contribution in [0.1, 0.15) is 13.8 Å². The second kappa shape index (κ2) is 4.18. The first-order valence-corrected chi connectivity index (χ1v) is 6.31. The van der Waals surface area contributed by atoms with E-state index in [2.05, 4.69) is 28.7 Å². The molecule has 1 aliphatic rings. The van der Waals surface area contributed by atoms with E-state index in [4.69, 9.17) is 11.6 Å². The van der Waals surface area contributed by atoms with Crippen molar-refractivity contribution in [2.24, 2.45) is 0 Å². The molecule has 0 bridgehead atoms. The van der Waals surface area contributed by atoms with Crippen LogP contribution >= 0.6 is 23.4 Å². The summed E-state index contributed by atoms with van der Waals surface area (Å²) in [5.41, 5.74) is 0. The van der Waals surface area contributed by atoms with Crippen molar-refractivity contribution in [3.63, 3.8) is 0 Å². The molecule has 1 fully saturated rings. The summed E-state index contributed by atoms with van der Waals surface area (Å²) in [7, 11) is 0. The molecule has 0 unspecified atom stereocenters. The smallest absolute Gasteiger partial charge is 0.224 e. The van der Waals surface area contributed by atoms with Gasteiger partial charge in [-0.05, 0) is 31.5 Å². The third kappa shape index (κ3) is 2.75. The molecule has 2 rings (SSSR count). The summed E-state index contributed by atoms with van der Waals surface area (Å²) in [6, 6.07) is 1.91. The predicted octanol–water partition coefficient (Wildman–Crippen LogP) is 2.46. The van der Waals surface area contributed by atoms with Crippen LogP contribution in [0.2, 0.25) is 5.28 Å². The summed E-state index contributed by atoms with van der Waals surface area (Å²) in [5, 5.41) is 0.323. The Hall–Kier alpha value is -0.480. The molecule has 0 aliphatic carbocycles. The average molecular weight is 244 g/mol. The van der Waals surface area contributed by atoms with Gasteiger partial charge >= 0.3 is 0 Å². The highest BCUT2D eigenvalue weighted by Gasteiger charge is 2.27. The molecule has 15 heavy (non-hydrogen) atoms. The molecule has 1 aromatic heterocycles. The third-order valence-electron chi connectivity index (χ3n) is 2.36. The van der Waals surface area contributed by atoms with E-state index in [-0.39, 0.29) is 4.75 Å². The van der Waals surface area contributed by atoms with Gasteiger partial charge in [-0.25, -0.2) is 9.97 Å². The van der Waals surface area contributed by atoms with E-state index >= 15 is 0 Å². The topological polar surface area (TPSA) is 29.0 Å². The molecule has 0 saturated carbocycles. The molecule has 1 aliphatic heterocycles. The molecule has 0 amide bonds. The minimum absolute atomic E-state index is 0.287. The van der Waals surface area contributed by atoms with Gasteiger partial charge in [0.1, 0.15) is 5.82 Å². The lowest BCUT2D eigenvalue weighted by Gasteiger charge is -2.38. The van der Waals surface area contributed by atoms with E-state index in [1.165, 1.54) is 0 Å². The van der Waals surface area contributed by atoms with Gasteiger partial charge in [-0.2, -0.15) is 11.8 Å². The normalized spacial score (nSPS) is 20.3. The Labute approximate surface area is 99.2 Å². The van der Waals surface area contributed by atoms with Gasteiger partial charge in [-0.1, -0.05) is 0 Å². The molecule has 82 valence electrons. The Bertz CT molecular complexity index is 356. The number of hydrogen-bond acceptors (Lipinski definition) is 4. The largest absolute Gasteiger partial charge is 0.354 e. The summed E-state index contributed by atoms with van der Waals surface area (Å²) < 4.78 is 0.287. The van der Waals surface area contributed by atoms with E-state index in [1.807, 2.05) is 17.8 Å². The van der Waals surface area contributed by atoms with Crippen LogP contribution in [0.25, 0.3) is 0 Å². The molecule has 0 atom stereocenters. The zero-order valence-corrected chi connectivity index (χ0v) is 10.5. The van der Waals surface area contributed by atoms with E-state index in [9.17, 15) is 0 Å². The van der Waals surface area contributed by atoms with Crippen LogP contribution in [0.3, 0.4) is 0 Å². The number of thioether (sulfide) groups is 1. The highest BCUT2D eigenvalue weighted by Crippen LogP contribution is 2.31. The Balaban J connectivity index is 2.17. The second-order valence-electron chi connectivity index (χ2n) is 4.21. The van der Waals surface area contributed by atoms with Crippen molar-refractivity contribution in [3.05, 3.63) is 17.5 Å². The maximum absolute atomic E-state index is 5.78. The lowest BCUT2D eigenvalue weighted by Crippen LogP contribution is -2.43. The van der Waals surface area contributed by atoms with Crippen LogP contribution in [0.5, 0.6) is 0 Å². The van der Waals surface area contributed by atoms with Gasteiger partial charge in [0.15, 0.2) is 0 Å². The van der Waals surface area contributed by atoms with Gasteiger partial charge in [-0.3, -0.25) is 0 Å². The fraction of sp³-hybridized carbons (Fsp3) is 0.600. The van der Waals surface area contributed by atoms with Crippen LogP contribution in [-0.2, 0) is 0 Å². The molecule has 1 saturated heterocycles. The molecular formula is C10H14ClN3S. The van der Waals surface area contributed by atoms with Crippen molar-refractivity contribution in [2.75, 3.05) is 23.7 Å². The van der Waals surface area contributed by atoms with Crippen LogP contribution in [0.15, 0.2) is 12.3 Å². The highest BCUT2D eigenvalue weighted by atomic mass is 35.5. The Morgan fingerprint density at radius 3 is 3.00 bits per heavy atom. The SMILES string of the molecule is CC1(C)CN(c2ccnc(Cl)n2)CCS1. The molecule has 0 spiro atoms. The van der Waals surface area contributed by atoms with Crippen molar-refractivity contribution in [3.8, 4) is 0 Å². The van der Waals surface area contributed by atoms with Gasteiger partial charge in [0.05, 0.1) is 0 Å². The maximum Gasteiger partial charge on any atom is 0.224 e. The van der Waals surface area contributed by atoms with E-state index in [0.29, 0.717) is 5.28 Å². The predicted molar refractivity (Wildman–Crippen MR) is 65.8 cm³/mol. The van der Waals surface area contributed by atoms with Crippen molar-refractivity contribution in [1.29, 1.82) is 0 Å². The summed E-state index contributed by atoms with van der Waals surface area (Å²) >= 11 is 7.79. The Kier molecular flexibility index (Phi) is 3.07. The number of hydrogen-bond donors (Lipinski definition) is 0. The molecule has 0 aromatic carbocycles. The quantitative estimate of drug-likeness (QED) is 0.709. The van der Waals surface area contributed by atoms with Crippen LogP contribution < -0.4 is 4.90 Å². The van der Waals surface area contributed by atoms with Crippen LogP contribution in [0.4, 0.5) is 5.82 Å². The van der Waals surface area contributed by atoms with Crippen molar-refractivity contribution >= 4 is 29.2 Å². The molecule has 0 N–H and O–H groups in total. The maximum atomic E-state index is 5.78. The summed E-state index contributed by atoms with van der Waals surface area (Å²) in [6.45, 7) is 6.55. The number of nitrogens with zero attached hydrogens (tertiary/aromatic N) is 3. The number of anilines is 1. The van der Waals surface area contributed by atoms with Crippen molar-refractivity contribution in [2.45, 2.75) is 18.6 Å². The number of aromatic nitrogens is 2. The minimum Gasteiger partial charge on any atom is -0.354 e. The second-order valence-corrected chi connectivity index (χ2v) is 6.35. The van der Waals surface area contributed by atoms with Crippen molar-refractivity contribution in [1.82, 2.24) is 9.97 Å². The minimum atomic E-state index is 0.287. The standard InChI is InChI=1S/C10H14ClN3S/c1-10(2)7-14(5-6-15-10)8-3-4-12-9(11)13-8/h3-4H,5-7H2,1-2H3. The first-order chi connectivity index (χ1) is 7.07. The summed E-state index contributed by atoms with van der Waals surface area (Å²) in [6.07, 6.45) is 1.71. The molecule has 3 nitrogen and oxygen atoms in total. The first-order valence-electron chi connectivity index (χ1n) is 4.94. The fourth-order valence-corrected chi connectivity index (χ4v) is 2.97. The zero-order chi connectivity index (χ0) is 10.9. The summed E-state index contributed by atoms with van der Waals surface area (Å²) in [4.78, 5) is 10.4. The van der Waals surface area contributed by atoms with E-state index in [1.54, 1.807) is 6.20 Å². The highest BCUT2D eigenvalue weighted by molar-refractivity contribution is 8.00.